The molecule has 1 saturated heterocycles. The van der Waals surface area contributed by atoms with Crippen molar-refractivity contribution in [3.63, 3.8) is 0 Å². The minimum Gasteiger partial charge on any atom is -0.378 e. The fourth-order valence-corrected chi connectivity index (χ4v) is 2.37. The van der Waals surface area contributed by atoms with E-state index in [-0.39, 0.29) is 5.82 Å². The number of hydrogen-bond donors (Lipinski definition) is 0. The molecular weight excluding hydrogens is 231 g/mol. The molecule has 1 aromatic rings. The Labute approximate surface area is 107 Å². The van der Waals surface area contributed by atoms with Crippen molar-refractivity contribution >= 4 is 5.69 Å². The lowest BCUT2D eigenvalue weighted by Crippen LogP contribution is -2.37. The molecule has 2 rings (SSSR count). The fraction of sp³-hybridized carbons (Fsp3) is 0.500. The molecule has 1 aromatic carbocycles. The van der Waals surface area contributed by atoms with Crippen LogP contribution in [-0.4, -0.2) is 25.8 Å². The molecule has 0 amide bonds. The standard InChI is InChI=1S/C14H17FN2O/c1-2-18-13-5-7-17(8-6-13)14-4-3-12(15)9-11(14)10-16/h3-4,9,13H,2,5-8H2,1H3. The van der Waals surface area contributed by atoms with Crippen molar-refractivity contribution in [1.82, 2.24) is 0 Å². The van der Waals surface area contributed by atoms with Gasteiger partial charge in [0.15, 0.2) is 0 Å². The normalized spacial score (nSPS) is 16.6. The van der Waals surface area contributed by atoms with Gasteiger partial charge in [0.1, 0.15) is 11.9 Å². The Hall–Kier alpha value is -1.60. The van der Waals surface area contributed by atoms with E-state index in [2.05, 4.69) is 11.0 Å². The van der Waals surface area contributed by atoms with Gasteiger partial charge in [0.05, 0.1) is 17.4 Å². The Morgan fingerprint density at radius 3 is 2.78 bits per heavy atom. The van der Waals surface area contributed by atoms with Crippen molar-refractivity contribution in [2.24, 2.45) is 0 Å². The number of piperidine rings is 1. The maximum Gasteiger partial charge on any atom is 0.124 e. The number of nitrogens with zero attached hydrogens (tertiary/aromatic N) is 2. The van der Waals surface area contributed by atoms with Crippen LogP contribution >= 0.6 is 0 Å². The lowest BCUT2D eigenvalue weighted by molar-refractivity contribution is 0.0459. The molecule has 18 heavy (non-hydrogen) atoms. The van der Waals surface area contributed by atoms with Crippen molar-refractivity contribution < 1.29 is 9.13 Å². The summed E-state index contributed by atoms with van der Waals surface area (Å²) in [6, 6.07) is 6.45. The highest BCUT2D eigenvalue weighted by Crippen LogP contribution is 2.25. The van der Waals surface area contributed by atoms with Gasteiger partial charge >= 0.3 is 0 Å². The highest BCUT2D eigenvalue weighted by atomic mass is 19.1. The monoisotopic (exact) mass is 248 g/mol. The summed E-state index contributed by atoms with van der Waals surface area (Å²) < 4.78 is 18.7. The fourth-order valence-electron chi connectivity index (χ4n) is 2.37. The molecular formula is C14H17FN2O. The highest BCUT2D eigenvalue weighted by molar-refractivity contribution is 5.59. The zero-order valence-corrected chi connectivity index (χ0v) is 10.5. The lowest BCUT2D eigenvalue weighted by Gasteiger charge is -2.33. The van der Waals surface area contributed by atoms with Crippen LogP contribution in [0.3, 0.4) is 0 Å². The minimum atomic E-state index is -0.362. The second-order valence-electron chi connectivity index (χ2n) is 4.42. The van der Waals surface area contributed by atoms with Gasteiger partial charge in [-0.3, -0.25) is 0 Å². The van der Waals surface area contributed by atoms with Crippen LogP contribution in [-0.2, 0) is 4.74 Å². The number of rotatable bonds is 3. The lowest BCUT2D eigenvalue weighted by atomic mass is 10.1. The molecule has 1 aliphatic rings. The first-order chi connectivity index (χ1) is 8.74. The molecule has 0 N–H and O–H groups in total. The van der Waals surface area contributed by atoms with E-state index in [0.717, 1.165) is 38.2 Å². The first kappa shape index (κ1) is 12.8. The summed E-state index contributed by atoms with van der Waals surface area (Å²) in [6.07, 6.45) is 2.23. The molecule has 1 fully saturated rings. The molecule has 0 bridgehead atoms. The number of nitriles is 1. The van der Waals surface area contributed by atoms with E-state index in [4.69, 9.17) is 10.00 Å². The van der Waals surface area contributed by atoms with Crippen LogP contribution in [0.2, 0.25) is 0 Å². The average Bonchev–Trinajstić information content (AvgIpc) is 2.40. The maximum absolute atomic E-state index is 13.1. The molecule has 0 unspecified atom stereocenters. The number of hydrogen-bond acceptors (Lipinski definition) is 3. The number of ether oxygens (including phenoxy) is 1. The van der Waals surface area contributed by atoms with Gasteiger partial charge in [-0.1, -0.05) is 0 Å². The summed E-state index contributed by atoms with van der Waals surface area (Å²) in [5.41, 5.74) is 1.23. The SMILES string of the molecule is CCOC1CCN(c2ccc(F)cc2C#N)CC1. The summed E-state index contributed by atoms with van der Waals surface area (Å²) in [5.74, 6) is -0.362. The Morgan fingerprint density at radius 2 is 2.17 bits per heavy atom. The molecule has 0 aliphatic carbocycles. The average molecular weight is 248 g/mol. The third kappa shape index (κ3) is 2.80. The van der Waals surface area contributed by atoms with Crippen molar-refractivity contribution in [2.75, 3.05) is 24.6 Å². The van der Waals surface area contributed by atoms with Gasteiger partial charge < -0.3 is 9.64 Å². The minimum absolute atomic E-state index is 0.317. The molecule has 0 atom stereocenters. The van der Waals surface area contributed by atoms with Crippen molar-refractivity contribution in [3.05, 3.63) is 29.6 Å². The zero-order valence-electron chi connectivity index (χ0n) is 10.5. The van der Waals surface area contributed by atoms with E-state index >= 15 is 0 Å². The predicted molar refractivity (Wildman–Crippen MR) is 68.0 cm³/mol. The quantitative estimate of drug-likeness (QED) is 0.825. The molecule has 0 spiro atoms. The molecule has 96 valence electrons. The van der Waals surface area contributed by atoms with E-state index in [1.165, 1.54) is 12.1 Å². The molecule has 0 aromatic heterocycles. The van der Waals surface area contributed by atoms with Gasteiger partial charge in [0.2, 0.25) is 0 Å². The van der Waals surface area contributed by atoms with Gasteiger partial charge in [-0.2, -0.15) is 5.26 Å². The van der Waals surface area contributed by atoms with Crippen LogP contribution in [0.5, 0.6) is 0 Å². The summed E-state index contributed by atoms with van der Waals surface area (Å²) in [6.45, 7) is 4.45. The van der Waals surface area contributed by atoms with Gasteiger partial charge in [-0.25, -0.2) is 4.39 Å². The van der Waals surface area contributed by atoms with Gasteiger partial charge in [-0.05, 0) is 38.0 Å². The highest BCUT2D eigenvalue weighted by Gasteiger charge is 2.21. The van der Waals surface area contributed by atoms with E-state index in [1.807, 2.05) is 6.92 Å². The summed E-state index contributed by atoms with van der Waals surface area (Å²) in [5, 5.41) is 9.04. The summed E-state index contributed by atoms with van der Waals surface area (Å²) in [4.78, 5) is 2.13. The van der Waals surface area contributed by atoms with Crippen molar-refractivity contribution in [2.45, 2.75) is 25.9 Å². The van der Waals surface area contributed by atoms with Crippen molar-refractivity contribution in [1.29, 1.82) is 5.26 Å². The number of benzene rings is 1. The number of anilines is 1. The second kappa shape index (κ2) is 5.83. The predicted octanol–water partition coefficient (Wildman–Crippen LogP) is 2.70. The van der Waals surface area contributed by atoms with Gasteiger partial charge in [0, 0.05) is 19.7 Å². The van der Waals surface area contributed by atoms with E-state index < -0.39 is 0 Å². The largest absolute Gasteiger partial charge is 0.378 e. The number of halogens is 1. The van der Waals surface area contributed by atoms with Gasteiger partial charge in [-0.15, -0.1) is 0 Å². The second-order valence-corrected chi connectivity index (χ2v) is 4.42. The van der Waals surface area contributed by atoms with Crippen LogP contribution < -0.4 is 4.90 Å². The van der Waals surface area contributed by atoms with Crippen LogP contribution in [0.15, 0.2) is 18.2 Å². The molecule has 1 aliphatic heterocycles. The maximum atomic E-state index is 13.1. The van der Waals surface area contributed by atoms with Crippen LogP contribution in [0.1, 0.15) is 25.3 Å². The van der Waals surface area contributed by atoms with Crippen LogP contribution in [0, 0.1) is 17.1 Å². The Morgan fingerprint density at radius 1 is 1.44 bits per heavy atom. The molecule has 0 radical (unpaired) electrons. The molecule has 1 heterocycles. The zero-order chi connectivity index (χ0) is 13.0. The van der Waals surface area contributed by atoms with E-state index in [9.17, 15) is 4.39 Å². The van der Waals surface area contributed by atoms with E-state index in [0.29, 0.717) is 11.7 Å². The molecule has 4 heteroatoms. The third-order valence-corrected chi connectivity index (χ3v) is 3.26. The van der Waals surface area contributed by atoms with E-state index in [1.54, 1.807) is 6.07 Å². The molecule has 0 saturated carbocycles. The Balaban J connectivity index is 2.08. The van der Waals surface area contributed by atoms with Crippen LogP contribution in [0.4, 0.5) is 10.1 Å². The van der Waals surface area contributed by atoms with Crippen molar-refractivity contribution in [3.8, 4) is 6.07 Å². The smallest absolute Gasteiger partial charge is 0.124 e. The molecule has 3 nitrogen and oxygen atoms in total. The van der Waals surface area contributed by atoms with Crippen LogP contribution in [0.25, 0.3) is 0 Å². The Bertz CT molecular complexity index is 448. The first-order valence-electron chi connectivity index (χ1n) is 6.30. The summed E-state index contributed by atoms with van der Waals surface area (Å²) in [7, 11) is 0. The topological polar surface area (TPSA) is 36.3 Å². The summed E-state index contributed by atoms with van der Waals surface area (Å²) >= 11 is 0. The third-order valence-electron chi connectivity index (χ3n) is 3.26. The first-order valence-corrected chi connectivity index (χ1v) is 6.30. The Kier molecular flexibility index (Phi) is 4.16. The van der Waals surface area contributed by atoms with Gasteiger partial charge in [0.25, 0.3) is 0 Å².